The molecular weight excluding hydrogens is 300 g/mol. The van der Waals surface area contributed by atoms with Crippen molar-refractivity contribution in [1.29, 1.82) is 0 Å². The van der Waals surface area contributed by atoms with Crippen molar-refractivity contribution in [3.05, 3.63) is 52.6 Å². The van der Waals surface area contributed by atoms with Gasteiger partial charge in [0.25, 0.3) is 0 Å². The standard InChI is InChI=1S/C13H9ClN2OS2/c14-9-1-3-11(4-2-9)18-7-10-8-19-13(16-10)12-5-6-15-17-12/h1-6,8H,7H2. The molecule has 2 heterocycles. The predicted molar refractivity (Wildman–Crippen MR) is 78.6 cm³/mol. The number of thioether (sulfide) groups is 1. The SMILES string of the molecule is Clc1ccc(SCc2csc(-c3ccno3)n2)cc1. The lowest BCUT2D eigenvalue weighted by Crippen LogP contribution is -1.81. The maximum Gasteiger partial charge on any atom is 0.195 e. The molecule has 0 aliphatic rings. The molecular formula is C13H9ClN2OS2. The van der Waals surface area contributed by atoms with E-state index >= 15 is 0 Å². The van der Waals surface area contributed by atoms with Gasteiger partial charge in [-0.05, 0) is 24.3 Å². The van der Waals surface area contributed by atoms with Gasteiger partial charge in [0.05, 0.1) is 11.9 Å². The molecule has 0 saturated heterocycles. The van der Waals surface area contributed by atoms with Gasteiger partial charge in [0, 0.05) is 27.1 Å². The first kappa shape index (κ1) is 12.7. The summed E-state index contributed by atoms with van der Waals surface area (Å²) in [6, 6.07) is 9.62. The smallest absolute Gasteiger partial charge is 0.195 e. The van der Waals surface area contributed by atoms with E-state index in [1.807, 2.05) is 35.7 Å². The number of benzene rings is 1. The zero-order valence-electron chi connectivity index (χ0n) is 9.75. The number of thiazole rings is 1. The highest BCUT2D eigenvalue weighted by molar-refractivity contribution is 7.98. The van der Waals surface area contributed by atoms with Crippen molar-refractivity contribution in [3.63, 3.8) is 0 Å². The van der Waals surface area contributed by atoms with E-state index in [1.54, 1.807) is 29.3 Å². The Morgan fingerprint density at radius 3 is 2.79 bits per heavy atom. The zero-order valence-corrected chi connectivity index (χ0v) is 12.1. The Labute approximate surface area is 123 Å². The van der Waals surface area contributed by atoms with Gasteiger partial charge in [-0.15, -0.1) is 23.1 Å². The van der Waals surface area contributed by atoms with E-state index in [0.717, 1.165) is 21.5 Å². The maximum atomic E-state index is 5.85. The molecule has 0 saturated carbocycles. The highest BCUT2D eigenvalue weighted by Crippen LogP contribution is 2.28. The van der Waals surface area contributed by atoms with Crippen LogP contribution >= 0.6 is 34.7 Å². The van der Waals surface area contributed by atoms with Crippen LogP contribution in [-0.4, -0.2) is 10.1 Å². The summed E-state index contributed by atoms with van der Waals surface area (Å²) in [7, 11) is 0. The fourth-order valence-corrected chi connectivity index (χ4v) is 3.30. The van der Waals surface area contributed by atoms with E-state index in [2.05, 4.69) is 10.1 Å². The molecule has 0 N–H and O–H groups in total. The molecule has 0 spiro atoms. The zero-order chi connectivity index (χ0) is 13.1. The molecule has 0 aliphatic heterocycles. The summed E-state index contributed by atoms with van der Waals surface area (Å²) in [6.45, 7) is 0. The molecule has 3 nitrogen and oxygen atoms in total. The van der Waals surface area contributed by atoms with Crippen LogP contribution in [-0.2, 0) is 5.75 Å². The van der Waals surface area contributed by atoms with Crippen LogP contribution in [0.1, 0.15) is 5.69 Å². The molecule has 0 unspecified atom stereocenters. The van der Waals surface area contributed by atoms with Gasteiger partial charge in [-0.25, -0.2) is 4.98 Å². The summed E-state index contributed by atoms with van der Waals surface area (Å²) >= 11 is 9.15. The minimum absolute atomic E-state index is 0.716. The number of hydrogen-bond acceptors (Lipinski definition) is 5. The first-order valence-electron chi connectivity index (χ1n) is 5.55. The van der Waals surface area contributed by atoms with Crippen molar-refractivity contribution in [2.75, 3.05) is 0 Å². The van der Waals surface area contributed by atoms with E-state index < -0.39 is 0 Å². The fraction of sp³-hybridized carbons (Fsp3) is 0.0769. The van der Waals surface area contributed by atoms with Crippen molar-refractivity contribution in [2.24, 2.45) is 0 Å². The molecule has 0 bridgehead atoms. The lowest BCUT2D eigenvalue weighted by Gasteiger charge is -1.99. The van der Waals surface area contributed by atoms with Gasteiger partial charge in [-0.1, -0.05) is 16.8 Å². The fourth-order valence-electron chi connectivity index (χ4n) is 1.50. The highest BCUT2D eigenvalue weighted by Gasteiger charge is 2.08. The molecule has 96 valence electrons. The first-order chi connectivity index (χ1) is 9.31. The summed E-state index contributed by atoms with van der Waals surface area (Å²) in [5, 5.41) is 7.35. The van der Waals surface area contributed by atoms with Crippen LogP contribution in [0.25, 0.3) is 10.8 Å². The van der Waals surface area contributed by atoms with Gasteiger partial charge in [0.1, 0.15) is 0 Å². The van der Waals surface area contributed by atoms with Gasteiger partial charge >= 0.3 is 0 Å². The summed E-state index contributed by atoms with van der Waals surface area (Å²) in [6.07, 6.45) is 1.62. The monoisotopic (exact) mass is 308 g/mol. The number of aromatic nitrogens is 2. The van der Waals surface area contributed by atoms with Crippen LogP contribution in [0.15, 0.2) is 51.3 Å². The molecule has 0 amide bonds. The molecule has 3 aromatic rings. The Morgan fingerprint density at radius 2 is 2.05 bits per heavy atom. The summed E-state index contributed by atoms with van der Waals surface area (Å²) in [5.74, 6) is 1.54. The second kappa shape index (κ2) is 5.77. The molecule has 3 rings (SSSR count). The van der Waals surface area contributed by atoms with Crippen LogP contribution in [0.4, 0.5) is 0 Å². The number of rotatable bonds is 4. The largest absolute Gasteiger partial charge is 0.354 e. The molecule has 0 aliphatic carbocycles. The van der Waals surface area contributed by atoms with Crippen molar-refractivity contribution < 1.29 is 4.52 Å². The van der Waals surface area contributed by atoms with Crippen molar-refractivity contribution in [2.45, 2.75) is 10.6 Å². The first-order valence-corrected chi connectivity index (χ1v) is 7.79. The third-order valence-corrected chi connectivity index (χ3v) is 4.60. The Hall–Kier alpha value is -1.30. The summed E-state index contributed by atoms with van der Waals surface area (Å²) in [5.41, 5.74) is 1.04. The van der Waals surface area contributed by atoms with Gasteiger partial charge in [-0.2, -0.15) is 0 Å². The minimum atomic E-state index is 0.716. The second-order valence-corrected chi connectivity index (χ2v) is 6.11. The lowest BCUT2D eigenvalue weighted by atomic mass is 10.4. The Kier molecular flexibility index (Phi) is 3.87. The van der Waals surface area contributed by atoms with Crippen molar-refractivity contribution >= 4 is 34.7 Å². The average molecular weight is 309 g/mol. The summed E-state index contributed by atoms with van der Waals surface area (Å²) in [4.78, 5) is 5.70. The number of hydrogen-bond donors (Lipinski definition) is 0. The van der Waals surface area contributed by atoms with Gasteiger partial charge in [0.2, 0.25) is 0 Å². The third-order valence-electron chi connectivity index (χ3n) is 2.40. The van der Waals surface area contributed by atoms with E-state index in [-0.39, 0.29) is 0 Å². The topological polar surface area (TPSA) is 38.9 Å². The van der Waals surface area contributed by atoms with Gasteiger partial charge < -0.3 is 4.52 Å². The third kappa shape index (κ3) is 3.18. The normalized spacial score (nSPS) is 10.8. The Balaban J connectivity index is 1.66. The van der Waals surface area contributed by atoms with Gasteiger partial charge in [0.15, 0.2) is 10.8 Å². The van der Waals surface area contributed by atoms with Crippen LogP contribution < -0.4 is 0 Å². The van der Waals surface area contributed by atoms with Crippen LogP contribution in [0.5, 0.6) is 0 Å². The molecule has 6 heteroatoms. The van der Waals surface area contributed by atoms with E-state index in [9.17, 15) is 0 Å². The molecule has 1 aromatic carbocycles. The second-order valence-electron chi connectivity index (χ2n) is 3.76. The molecule has 0 atom stereocenters. The highest BCUT2D eigenvalue weighted by atomic mass is 35.5. The summed E-state index contributed by atoms with van der Waals surface area (Å²) < 4.78 is 5.09. The van der Waals surface area contributed by atoms with E-state index in [4.69, 9.17) is 16.1 Å². The molecule has 2 aromatic heterocycles. The quantitative estimate of drug-likeness (QED) is 0.652. The number of nitrogens with zero attached hydrogens (tertiary/aromatic N) is 2. The predicted octanol–water partition coefficient (Wildman–Crippen LogP) is 4.74. The number of halogens is 1. The molecule has 19 heavy (non-hydrogen) atoms. The average Bonchev–Trinajstić information content (AvgIpc) is 3.09. The molecule has 0 fully saturated rings. The van der Waals surface area contributed by atoms with Crippen LogP contribution in [0, 0.1) is 0 Å². The van der Waals surface area contributed by atoms with E-state index in [1.165, 1.54) is 4.90 Å². The van der Waals surface area contributed by atoms with E-state index in [0.29, 0.717) is 5.76 Å². The Morgan fingerprint density at radius 1 is 1.21 bits per heavy atom. The lowest BCUT2D eigenvalue weighted by molar-refractivity contribution is 0.432. The van der Waals surface area contributed by atoms with Gasteiger partial charge in [-0.3, -0.25) is 0 Å². The van der Waals surface area contributed by atoms with Crippen LogP contribution in [0.3, 0.4) is 0 Å². The Bertz CT molecular complexity index is 650. The van der Waals surface area contributed by atoms with Crippen LogP contribution in [0.2, 0.25) is 5.02 Å². The molecule has 0 radical (unpaired) electrons. The van der Waals surface area contributed by atoms with Crippen molar-refractivity contribution in [3.8, 4) is 10.8 Å². The van der Waals surface area contributed by atoms with Crippen molar-refractivity contribution in [1.82, 2.24) is 10.1 Å². The maximum absolute atomic E-state index is 5.85. The minimum Gasteiger partial charge on any atom is -0.354 e.